The molecule has 2 N–H and O–H groups in total. The molecule has 1 aromatic rings. The lowest BCUT2D eigenvalue weighted by Crippen LogP contribution is -2.42. The molecule has 10 heteroatoms. The maximum Gasteiger partial charge on any atom is 0.261 e. The average Bonchev–Trinajstić information content (AvgIpc) is 3.11. The number of nitrogens with one attached hydrogen (secondary N) is 2. The normalized spacial score (nSPS) is 27.2. The quantitative estimate of drug-likeness (QED) is 0.495. The lowest BCUT2D eigenvalue weighted by molar-refractivity contribution is 0.146. The molecule has 3 rings (SSSR count). The number of halogens is 3. The van der Waals surface area contributed by atoms with Crippen LogP contribution in [0.15, 0.2) is 38.9 Å². The zero-order chi connectivity index (χ0) is 21.1. The first-order valence-corrected chi connectivity index (χ1v) is 10.2. The van der Waals surface area contributed by atoms with E-state index in [0.29, 0.717) is 29.5 Å². The number of pyridine rings is 1. The minimum absolute atomic E-state index is 0.125. The summed E-state index contributed by atoms with van der Waals surface area (Å²) >= 11 is 12.4. The van der Waals surface area contributed by atoms with Crippen LogP contribution in [0.25, 0.3) is 0 Å². The third-order valence-electron chi connectivity index (χ3n) is 4.97. The van der Waals surface area contributed by atoms with Gasteiger partial charge in [0.05, 0.1) is 24.0 Å². The van der Waals surface area contributed by atoms with Crippen molar-refractivity contribution < 1.29 is 13.9 Å². The van der Waals surface area contributed by atoms with E-state index in [0.717, 1.165) is 0 Å². The molecule has 7 nitrogen and oxygen atoms in total. The Bertz CT molecular complexity index is 828. The van der Waals surface area contributed by atoms with Crippen LogP contribution >= 0.6 is 23.2 Å². The van der Waals surface area contributed by atoms with Gasteiger partial charge in [0.15, 0.2) is 0 Å². The molecule has 1 aliphatic heterocycles. The van der Waals surface area contributed by atoms with E-state index in [1.54, 1.807) is 18.3 Å². The second-order valence-electron chi connectivity index (χ2n) is 6.85. The summed E-state index contributed by atoms with van der Waals surface area (Å²) in [5.41, 5.74) is 7.10. The molecule has 29 heavy (non-hydrogen) atoms. The van der Waals surface area contributed by atoms with Crippen LogP contribution in [0, 0.1) is 11.8 Å². The number of aromatic nitrogens is 1. The fraction of sp³-hybridized carbons (Fsp3) is 0.526. The van der Waals surface area contributed by atoms with Crippen LogP contribution in [0.4, 0.5) is 10.1 Å². The molecular weight excluding hydrogens is 420 g/mol. The maximum atomic E-state index is 14.5. The summed E-state index contributed by atoms with van der Waals surface area (Å²) < 4.78 is 25.5. The largest absolute Gasteiger partial charge is 0.481 e. The number of amidine groups is 1. The Morgan fingerprint density at radius 2 is 2.14 bits per heavy atom. The Balaban J connectivity index is 1.87. The minimum atomic E-state index is -1.27. The summed E-state index contributed by atoms with van der Waals surface area (Å²) in [5.74, 6) is 0.557. The summed E-state index contributed by atoms with van der Waals surface area (Å²) in [7, 11) is 1.54. The molecule has 5 atom stereocenters. The molecule has 2 heterocycles. The number of nitrogens with zero attached hydrogens (tertiary/aromatic N) is 3. The van der Waals surface area contributed by atoms with E-state index in [1.165, 1.54) is 7.11 Å². The monoisotopic (exact) mass is 443 g/mol. The smallest absolute Gasteiger partial charge is 0.261 e. The molecule has 0 spiro atoms. The highest BCUT2D eigenvalue weighted by Crippen LogP contribution is 2.49. The van der Waals surface area contributed by atoms with Gasteiger partial charge in [-0.25, -0.2) is 24.8 Å². The fourth-order valence-electron chi connectivity index (χ4n) is 3.16. The summed E-state index contributed by atoms with van der Waals surface area (Å²) in [4.78, 5) is 13.1. The van der Waals surface area contributed by atoms with Crippen molar-refractivity contribution in [3.8, 4) is 5.88 Å². The predicted octanol–water partition coefficient (Wildman–Crippen LogP) is 3.71. The van der Waals surface area contributed by atoms with Crippen LogP contribution in [0.2, 0.25) is 0 Å². The highest BCUT2D eigenvalue weighted by atomic mass is 35.5. The third-order valence-corrected chi connectivity index (χ3v) is 5.79. The molecule has 0 bridgehead atoms. The second kappa shape index (κ2) is 9.28. The Morgan fingerprint density at radius 3 is 2.72 bits per heavy atom. The number of rotatable bonds is 7. The zero-order valence-corrected chi connectivity index (χ0v) is 18.1. The van der Waals surface area contributed by atoms with Gasteiger partial charge in [0.2, 0.25) is 17.9 Å². The van der Waals surface area contributed by atoms with Crippen molar-refractivity contribution in [3.63, 3.8) is 0 Å². The van der Waals surface area contributed by atoms with Gasteiger partial charge >= 0.3 is 0 Å². The van der Waals surface area contributed by atoms with Gasteiger partial charge in [-0.05, 0) is 18.9 Å². The van der Waals surface area contributed by atoms with Crippen molar-refractivity contribution in [2.75, 3.05) is 13.7 Å². The van der Waals surface area contributed by atoms with Crippen LogP contribution in [0.3, 0.4) is 0 Å². The molecule has 0 aromatic carbocycles. The van der Waals surface area contributed by atoms with Gasteiger partial charge in [0.25, 0.3) is 5.90 Å². The number of hydrazine groups is 1. The van der Waals surface area contributed by atoms with Gasteiger partial charge in [0, 0.05) is 29.5 Å². The summed E-state index contributed by atoms with van der Waals surface area (Å²) in [6, 6.07) is 3.44. The SMILES string of the molecule is CCNNC1=NC(C2=C(Cl)C(F)[C@@H]2[C@@H](C)[C@@H](C)Cl)OC1=Nc1ccc(OC)nc1. The van der Waals surface area contributed by atoms with Crippen molar-refractivity contribution in [1.29, 1.82) is 0 Å². The van der Waals surface area contributed by atoms with Gasteiger partial charge in [-0.1, -0.05) is 25.4 Å². The molecule has 0 amide bonds. The van der Waals surface area contributed by atoms with Crippen LogP contribution in [-0.4, -0.2) is 48.1 Å². The zero-order valence-electron chi connectivity index (χ0n) is 16.6. The number of alkyl halides is 2. The standard InChI is InChI=1S/C19H24Cl2FN5O2/c1-5-24-27-17-19(25-11-6-7-12(28-4)23-8-11)29-18(26-17)14-13(9(2)10(3)20)16(22)15(14)21/h6-10,13,16,18,24H,5H2,1-4H3,(H,26,27)/t9-,10+,13+,16?,18?/m0/s1. The maximum absolute atomic E-state index is 14.5. The molecule has 0 radical (unpaired) electrons. The molecule has 0 saturated carbocycles. The van der Waals surface area contributed by atoms with Gasteiger partial charge in [-0.3, -0.25) is 0 Å². The number of hydrogen-bond donors (Lipinski definition) is 2. The lowest BCUT2D eigenvalue weighted by atomic mass is 9.72. The van der Waals surface area contributed by atoms with Crippen molar-refractivity contribution in [2.45, 2.75) is 38.5 Å². The molecule has 0 saturated heterocycles. The molecular formula is C19H24Cl2FN5O2. The predicted molar refractivity (Wildman–Crippen MR) is 113 cm³/mol. The van der Waals surface area contributed by atoms with Gasteiger partial charge in [-0.2, -0.15) is 0 Å². The molecule has 158 valence electrons. The van der Waals surface area contributed by atoms with E-state index in [2.05, 4.69) is 25.8 Å². The molecule has 0 fully saturated rings. The molecule has 1 aliphatic carbocycles. The van der Waals surface area contributed by atoms with Gasteiger partial charge in [0.1, 0.15) is 6.17 Å². The number of hydrogen-bond acceptors (Lipinski definition) is 7. The minimum Gasteiger partial charge on any atom is -0.481 e. The van der Waals surface area contributed by atoms with Crippen molar-refractivity contribution in [1.82, 2.24) is 15.8 Å². The van der Waals surface area contributed by atoms with E-state index in [-0.39, 0.29) is 22.2 Å². The van der Waals surface area contributed by atoms with Crippen molar-refractivity contribution in [2.24, 2.45) is 21.8 Å². The van der Waals surface area contributed by atoms with E-state index < -0.39 is 18.3 Å². The van der Waals surface area contributed by atoms with Crippen LogP contribution in [0.5, 0.6) is 5.88 Å². The topological polar surface area (TPSA) is 80.1 Å². The van der Waals surface area contributed by atoms with Crippen LogP contribution in [0.1, 0.15) is 20.8 Å². The second-order valence-corrected chi connectivity index (χ2v) is 7.94. The summed E-state index contributed by atoms with van der Waals surface area (Å²) in [5, 5.41) is -0.0932. The number of ether oxygens (including phenoxy) is 2. The number of methoxy groups -OCH3 is 1. The summed E-state index contributed by atoms with van der Waals surface area (Å²) in [6.45, 7) is 6.32. The summed E-state index contributed by atoms with van der Waals surface area (Å²) in [6.07, 6.45) is -0.470. The van der Waals surface area contributed by atoms with Crippen LogP contribution in [-0.2, 0) is 4.74 Å². The number of allylic oxidation sites excluding steroid dienone is 1. The first kappa shape index (κ1) is 21.8. The highest BCUT2D eigenvalue weighted by molar-refractivity contribution is 6.39. The average molecular weight is 444 g/mol. The van der Waals surface area contributed by atoms with Gasteiger partial charge in [-0.15, -0.1) is 11.6 Å². The third kappa shape index (κ3) is 4.49. The Kier molecular flexibility index (Phi) is 6.97. The van der Waals surface area contributed by atoms with E-state index >= 15 is 0 Å². The van der Waals surface area contributed by atoms with E-state index in [4.69, 9.17) is 32.7 Å². The molecule has 2 unspecified atom stereocenters. The van der Waals surface area contributed by atoms with E-state index in [9.17, 15) is 4.39 Å². The Morgan fingerprint density at radius 1 is 1.38 bits per heavy atom. The molecule has 2 aliphatic rings. The van der Waals surface area contributed by atoms with Crippen molar-refractivity contribution in [3.05, 3.63) is 28.9 Å². The lowest BCUT2D eigenvalue weighted by Gasteiger charge is -2.40. The molecule has 1 aromatic heterocycles. The highest BCUT2D eigenvalue weighted by Gasteiger charge is 2.49. The van der Waals surface area contributed by atoms with Gasteiger partial charge < -0.3 is 14.9 Å². The first-order valence-electron chi connectivity index (χ1n) is 9.37. The number of aliphatic imine (C=N–C) groups is 2. The first-order chi connectivity index (χ1) is 13.9. The Hall–Kier alpha value is -1.90. The van der Waals surface area contributed by atoms with Crippen LogP contribution < -0.4 is 15.6 Å². The fourth-order valence-corrected chi connectivity index (χ4v) is 3.67. The van der Waals surface area contributed by atoms with E-state index in [1.807, 2.05) is 20.8 Å². The van der Waals surface area contributed by atoms with Crippen molar-refractivity contribution >= 4 is 40.6 Å². The Labute approximate surface area is 179 Å².